The van der Waals surface area contributed by atoms with Gasteiger partial charge in [0.05, 0.1) is 11.4 Å². The third kappa shape index (κ3) is 2.38. The Labute approximate surface area is 122 Å². The molecule has 0 radical (unpaired) electrons. The van der Waals surface area contributed by atoms with Crippen LogP contribution in [-0.2, 0) is 4.79 Å². The monoisotopic (exact) mass is 289 g/mol. The van der Waals surface area contributed by atoms with Crippen LogP contribution in [0.1, 0.15) is 36.0 Å². The number of fused-ring (bicyclic) bond motifs is 1. The molecule has 1 aliphatic rings. The predicted octanol–water partition coefficient (Wildman–Crippen LogP) is 3.04. The molecule has 0 N–H and O–H groups in total. The summed E-state index contributed by atoms with van der Waals surface area (Å²) in [5, 5.41) is 0. The minimum atomic E-state index is 0.108. The number of hydrogen-bond donors (Lipinski definition) is 0. The lowest BCUT2D eigenvalue weighted by molar-refractivity contribution is -0.126. The van der Waals surface area contributed by atoms with E-state index in [2.05, 4.69) is 22.5 Å². The van der Waals surface area contributed by atoms with Crippen molar-refractivity contribution >= 4 is 28.3 Å². The maximum atomic E-state index is 12.2. The molecule has 1 saturated carbocycles. The zero-order valence-corrected chi connectivity index (χ0v) is 12.9. The maximum absolute atomic E-state index is 12.2. The second-order valence-corrected chi connectivity index (χ2v) is 6.48. The van der Waals surface area contributed by atoms with Crippen molar-refractivity contribution in [2.45, 2.75) is 39.7 Å². The van der Waals surface area contributed by atoms with E-state index >= 15 is 0 Å². The van der Waals surface area contributed by atoms with E-state index in [-0.39, 0.29) is 5.91 Å². The van der Waals surface area contributed by atoms with Crippen LogP contribution in [0, 0.1) is 13.8 Å². The Morgan fingerprint density at radius 1 is 1.55 bits per heavy atom. The fourth-order valence-electron chi connectivity index (χ4n) is 2.51. The SMILES string of the molecule is CCN(C(=O)C=Cc1c(C)nc2sc(C)cn12)C1CC1. The van der Waals surface area contributed by atoms with Gasteiger partial charge in [-0.3, -0.25) is 9.20 Å². The molecule has 0 aliphatic heterocycles. The van der Waals surface area contributed by atoms with Crippen LogP contribution >= 0.6 is 11.3 Å². The fraction of sp³-hybridized carbons (Fsp3) is 0.467. The van der Waals surface area contributed by atoms with Gasteiger partial charge in [0.15, 0.2) is 4.96 Å². The number of carbonyl (C=O) groups is 1. The zero-order valence-electron chi connectivity index (χ0n) is 12.1. The quantitative estimate of drug-likeness (QED) is 0.811. The third-order valence-corrected chi connectivity index (χ3v) is 4.56. The number of rotatable bonds is 4. The highest BCUT2D eigenvalue weighted by molar-refractivity contribution is 7.17. The van der Waals surface area contributed by atoms with E-state index in [1.165, 1.54) is 4.88 Å². The summed E-state index contributed by atoms with van der Waals surface area (Å²) in [5.74, 6) is 0.108. The summed E-state index contributed by atoms with van der Waals surface area (Å²) in [5.41, 5.74) is 1.97. The van der Waals surface area contributed by atoms with Crippen molar-refractivity contribution in [3.63, 3.8) is 0 Å². The number of thiazole rings is 1. The van der Waals surface area contributed by atoms with Crippen LogP contribution in [0.25, 0.3) is 11.0 Å². The van der Waals surface area contributed by atoms with Gasteiger partial charge >= 0.3 is 0 Å². The molecule has 0 spiro atoms. The van der Waals surface area contributed by atoms with E-state index in [9.17, 15) is 4.79 Å². The summed E-state index contributed by atoms with van der Waals surface area (Å²) < 4.78 is 2.06. The van der Waals surface area contributed by atoms with E-state index in [1.807, 2.05) is 24.8 Å². The molecule has 3 rings (SSSR count). The molecule has 1 fully saturated rings. The number of aromatic nitrogens is 2. The van der Waals surface area contributed by atoms with Crippen molar-refractivity contribution < 1.29 is 4.79 Å². The Balaban J connectivity index is 1.86. The number of nitrogens with zero attached hydrogens (tertiary/aromatic N) is 3. The van der Waals surface area contributed by atoms with Crippen molar-refractivity contribution in [3.8, 4) is 0 Å². The topological polar surface area (TPSA) is 37.6 Å². The van der Waals surface area contributed by atoms with E-state index in [0.29, 0.717) is 6.04 Å². The first-order valence-corrected chi connectivity index (χ1v) is 7.85. The largest absolute Gasteiger partial charge is 0.336 e. The molecule has 106 valence electrons. The smallest absolute Gasteiger partial charge is 0.246 e. The number of imidazole rings is 1. The molecule has 1 amide bonds. The molecule has 0 saturated heterocycles. The highest BCUT2D eigenvalue weighted by Gasteiger charge is 2.30. The standard InChI is InChI=1S/C15H19N3OS/c1-4-17(12-5-6-12)14(19)8-7-13-11(3)16-15-18(13)9-10(2)20-15/h7-9,12H,4-6H2,1-3H3. The molecular weight excluding hydrogens is 270 g/mol. The van der Waals surface area contributed by atoms with E-state index in [0.717, 1.165) is 35.7 Å². The highest BCUT2D eigenvalue weighted by Crippen LogP contribution is 2.27. The minimum absolute atomic E-state index is 0.108. The van der Waals surface area contributed by atoms with E-state index in [4.69, 9.17) is 0 Å². The highest BCUT2D eigenvalue weighted by atomic mass is 32.1. The van der Waals surface area contributed by atoms with Crippen LogP contribution in [-0.4, -0.2) is 32.8 Å². The number of carbonyl (C=O) groups excluding carboxylic acids is 1. The number of likely N-dealkylation sites (N-methyl/N-ethyl adjacent to an activating group) is 1. The first kappa shape index (κ1) is 13.4. The Morgan fingerprint density at radius 3 is 2.95 bits per heavy atom. The Kier molecular flexibility index (Phi) is 3.38. The lowest BCUT2D eigenvalue weighted by Gasteiger charge is -2.17. The van der Waals surface area contributed by atoms with Crippen LogP contribution in [0.5, 0.6) is 0 Å². The number of aryl methyl sites for hydroxylation is 2. The van der Waals surface area contributed by atoms with E-state index in [1.54, 1.807) is 17.4 Å². The van der Waals surface area contributed by atoms with Crippen LogP contribution in [0.15, 0.2) is 12.3 Å². The van der Waals surface area contributed by atoms with E-state index < -0.39 is 0 Å². The number of amides is 1. The normalized spacial score (nSPS) is 15.3. The van der Waals surface area contributed by atoms with Gasteiger partial charge < -0.3 is 4.90 Å². The molecule has 1 aliphatic carbocycles. The van der Waals surface area contributed by atoms with Gasteiger partial charge in [0.2, 0.25) is 5.91 Å². The first-order chi connectivity index (χ1) is 9.60. The summed E-state index contributed by atoms with van der Waals surface area (Å²) in [6.45, 7) is 6.87. The molecule has 0 aromatic carbocycles. The van der Waals surface area contributed by atoms with Crippen LogP contribution in [0.2, 0.25) is 0 Å². The summed E-state index contributed by atoms with van der Waals surface area (Å²) in [6, 6.07) is 0.465. The van der Waals surface area contributed by atoms with Gasteiger partial charge in [-0.25, -0.2) is 4.98 Å². The lowest BCUT2D eigenvalue weighted by Crippen LogP contribution is -2.31. The second-order valence-electron chi connectivity index (χ2n) is 5.27. The Morgan fingerprint density at radius 2 is 2.30 bits per heavy atom. The molecule has 5 heteroatoms. The molecule has 4 nitrogen and oxygen atoms in total. The molecule has 2 aromatic rings. The molecular formula is C15H19N3OS. The lowest BCUT2D eigenvalue weighted by atomic mass is 10.3. The van der Waals surface area contributed by atoms with Crippen molar-refractivity contribution in [2.75, 3.05) is 6.54 Å². The zero-order chi connectivity index (χ0) is 14.3. The van der Waals surface area contributed by atoms with Crippen molar-refractivity contribution in [1.82, 2.24) is 14.3 Å². The molecule has 2 heterocycles. The number of hydrogen-bond acceptors (Lipinski definition) is 3. The van der Waals surface area contributed by atoms with Gasteiger partial charge in [-0.15, -0.1) is 11.3 Å². The fourth-order valence-corrected chi connectivity index (χ4v) is 3.39. The minimum Gasteiger partial charge on any atom is -0.336 e. The van der Waals surface area contributed by atoms with Crippen molar-refractivity contribution in [3.05, 3.63) is 28.5 Å². The van der Waals surface area contributed by atoms with Crippen LogP contribution in [0.3, 0.4) is 0 Å². The van der Waals surface area contributed by atoms with Gasteiger partial charge in [0.1, 0.15) is 0 Å². The molecule has 0 atom stereocenters. The summed E-state index contributed by atoms with van der Waals surface area (Å²) in [7, 11) is 0. The van der Waals surface area contributed by atoms with Crippen LogP contribution < -0.4 is 0 Å². The Hall–Kier alpha value is -1.62. The molecule has 0 unspecified atom stereocenters. The summed E-state index contributed by atoms with van der Waals surface area (Å²) in [6.07, 6.45) is 7.95. The third-order valence-electron chi connectivity index (χ3n) is 3.66. The summed E-state index contributed by atoms with van der Waals surface area (Å²) in [4.78, 5) is 20.9. The van der Waals surface area contributed by atoms with Gasteiger partial charge in [0.25, 0.3) is 0 Å². The van der Waals surface area contributed by atoms with Gasteiger partial charge in [-0.05, 0) is 39.7 Å². The van der Waals surface area contributed by atoms with Crippen molar-refractivity contribution in [2.24, 2.45) is 0 Å². The average Bonchev–Trinajstić information content (AvgIpc) is 3.09. The maximum Gasteiger partial charge on any atom is 0.246 e. The average molecular weight is 289 g/mol. The molecule has 2 aromatic heterocycles. The van der Waals surface area contributed by atoms with Gasteiger partial charge in [-0.1, -0.05) is 0 Å². The molecule has 20 heavy (non-hydrogen) atoms. The van der Waals surface area contributed by atoms with Gasteiger partial charge in [-0.2, -0.15) is 0 Å². The molecule has 0 bridgehead atoms. The van der Waals surface area contributed by atoms with Crippen molar-refractivity contribution in [1.29, 1.82) is 0 Å². The predicted molar refractivity (Wildman–Crippen MR) is 82.0 cm³/mol. The first-order valence-electron chi connectivity index (χ1n) is 7.04. The Bertz CT molecular complexity index is 679. The summed E-state index contributed by atoms with van der Waals surface area (Å²) >= 11 is 1.67. The van der Waals surface area contributed by atoms with Crippen LogP contribution in [0.4, 0.5) is 0 Å². The second kappa shape index (κ2) is 5.05. The van der Waals surface area contributed by atoms with Gasteiger partial charge in [0, 0.05) is 29.7 Å².